The van der Waals surface area contributed by atoms with Gasteiger partial charge in [0.2, 0.25) is 0 Å². The van der Waals surface area contributed by atoms with E-state index in [0.717, 1.165) is 4.48 Å². The molecule has 0 radical (unpaired) electrons. The molecule has 126 valence electrons. The Labute approximate surface area is 144 Å². The Morgan fingerprint density at radius 3 is 1.43 bits per heavy atom. The predicted molar refractivity (Wildman–Crippen MR) is 108 cm³/mol. The van der Waals surface area contributed by atoms with Gasteiger partial charge in [0.15, 0.2) is 0 Å². The number of rotatable bonds is 3. The highest BCUT2D eigenvalue weighted by atomic mass is 15.2. The summed E-state index contributed by atoms with van der Waals surface area (Å²) in [4.78, 5) is 0. The number of nitrogens with zero attached hydrogens (tertiary/aromatic N) is 1. The van der Waals surface area contributed by atoms with Crippen LogP contribution in [0.15, 0.2) is 36.4 Å². The molecule has 0 unspecified atom stereocenters. The minimum absolute atomic E-state index is 0.0750. The van der Waals surface area contributed by atoms with Crippen molar-refractivity contribution < 1.29 is 4.48 Å². The molecule has 0 aliphatic rings. The standard InChI is InChI=1S/C17H22B.C4H12N/c1-12-7-5-8-13(2)16(12)11-18-17-14(3)9-6-10-15(17)4;1-5(2,3)4/h5-10H,11,18H2,1-4H3;1-4H3/q-1;+1. The quantitative estimate of drug-likeness (QED) is 0.603. The van der Waals surface area contributed by atoms with Crippen molar-refractivity contribution in [3.05, 3.63) is 64.2 Å². The molecule has 1 nitrogen and oxygen atoms in total. The molecule has 0 saturated heterocycles. The Morgan fingerprint density at radius 1 is 0.696 bits per heavy atom. The molecule has 0 atom stereocenters. The van der Waals surface area contributed by atoms with E-state index in [4.69, 9.17) is 0 Å². The lowest BCUT2D eigenvalue weighted by molar-refractivity contribution is -0.849. The van der Waals surface area contributed by atoms with Gasteiger partial charge in [-0.3, -0.25) is 0 Å². The molecule has 0 aliphatic carbocycles. The molecule has 0 aromatic heterocycles. The van der Waals surface area contributed by atoms with Crippen LogP contribution in [0.1, 0.15) is 27.8 Å². The average molecular weight is 311 g/mol. The van der Waals surface area contributed by atoms with Gasteiger partial charge in [-0.2, -0.15) is 6.32 Å². The third kappa shape index (κ3) is 7.05. The van der Waals surface area contributed by atoms with Crippen LogP contribution in [-0.4, -0.2) is 40.0 Å². The summed E-state index contributed by atoms with van der Waals surface area (Å²) in [5, 5.41) is 0. The summed E-state index contributed by atoms with van der Waals surface area (Å²) < 4.78 is 1.00. The van der Waals surface area contributed by atoms with Crippen molar-refractivity contribution in [2.24, 2.45) is 0 Å². The number of aryl methyl sites for hydroxylation is 4. The van der Waals surface area contributed by atoms with E-state index in [1.807, 2.05) is 0 Å². The monoisotopic (exact) mass is 311 g/mol. The summed E-state index contributed by atoms with van der Waals surface area (Å²) in [6, 6.07) is 13.3. The Balaban J connectivity index is 0.000000463. The molecule has 2 rings (SSSR count). The predicted octanol–water partition coefficient (Wildman–Crippen LogP) is 3.24. The highest BCUT2D eigenvalue weighted by Gasteiger charge is 2.01. The Morgan fingerprint density at radius 2 is 1.04 bits per heavy atom. The van der Waals surface area contributed by atoms with Crippen LogP contribution in [0.3, 0.4) is 0 Å². The van der Waals surface area contributed by atoms with Crippen molar-refractivity contribution in [2.45, 2.75) is 34.0 Å². The largest absolute Gasteiger partial charge is 0.333 e. The van der Waals surface area contributed by atoms with Crippen LogP contribution in [0.2, 0.25) is 0 Å². The fraction of sp³-hybridized carbons (Fsp3) is 0.429. The van der Waals surface area contributed by atoms with Crippen LogP contribution in [-0.2, 0) is 6.32 Å². The van der Waals surface area contributed by atoms with Gasteiger partial charge in [-0.1, -0.05) is 64.2 Å². The Hall–Kier alpha value is -1.54. The second kappa shape index (κ2) is 8.35. The van der Waals surface area contributed by atoms with Crippen molar-refractivity contribution in [2.75, 3.05) is 28.2 Å². The van der Waals surface area contributed by atoms with Crippen molar-refractivity contribution in [1.82, 2.24) is 0 Å². The molecule has 2 heteroatoms. The van der Waals surface area contributed by atoms with Crippen molar-refractivity contribution in [1.29, 1.82) is 0 Å². The van der Waals surface area contributed by atoms with E-state index in [2.05, 4.69) is 92.3 Å². The zero-order valence-corrected chi connectivity index (χ0v) is 16.6. The molecule has 23 heavy (non-hydrogen) atoms. The first-order valence-electron chi connectivity index (χ1n) is 8.84. The number of benzene rings is 2. The molecule has 0 bridgehead atoms. The van der Waals surface area contributed by atoms with Crippen LogP contribution in [0.4, 0.5) is 0 Å². The SMILES string of the molecule is C[N+](C)(C)C.Cc1cccc(C)c1[BH2-]Cc1c(C)cccc1C. The first-order valence-corrected chi connectivity index (χ1v) is 8.84. The van der Waals surface area contributed by atoms with E-state index in [1.54, 1.807) is 11.0 Å². The van der Waals surface area contributed by atoms with Crippen LogP contribution in [0.5, 0.6) is 0 Å². The highest BCUT2D eigenvalue weighted by Crippen LogP contribution is 2.13. The molecule has 0 aliphatic heterocycles. The zero-order valence-electron chi connectivity index (χ0n) is 16.6. The molecule has 0 N–H and O–H groups in total. The maximum atomic E-state index is 2.25. The Kier molecular flexibility index (Phi) is 7.09. The van der Waals surface area contributed by atoms with Gasteiger partial charge in [0.25, 0.3) is 0 Å². The fourth-order valence-electron chi connectivity index (χ4n) is 3.22. The molecule has 0 spiro atoms. The topological polar surface area (TPSA) is 0 Å². The van der Waals surface area contributed by atoms with Gasteiger partial charge >= 0.3 is 0 Å². The number of quaternary nitrogens is 1. The summed E-state index contributed by atoms with van der Waals surface area (Å²) in [6.45, 7) is 8.96. The molecule has 0 saturated carbocycles. The highest BCUT2D eigenvalue weighted by molar-refractivity contribution is 6.54. The lowest BCUT2D eigenvalue weighted by Gasteiger charge is -2.18. The summed E-state index contributed by atoms with van der Waals surface area (Å²) in [6.07, 6.45) is 1.27. The van der Waals surface area contributed by atoms with Gasteiger partial charge in [-0.15, -0.1) is 0 Å². The minimum Gasteiger partial charge on any atom is -0.333 e. The van der Waals surface area contributed by atoms with Crippen LogP contribution < -0.4 is 5.46 Å². The van der Waals surface area contributed by atoms with Crippen molar-refractivity contribution >= 4 is 12.7 Å². The molecule has 2 aromatic rings. The van der Waals surface area contributed by atoms with Gasteiger partial charge < -0.3 is 4.48 Å². The second-order valence-electron chi connectivity index (χ2n) is 8.28. The molecule has 2 aromatic carbocycles. The number of hydrogen-bond donors (Lipinski definition) is 0. The van der Waals surface area contributed by atoms with Crippen molar-refractivity contribution in [3.63, 3.8) is 0 Å². The van der Waals surface area contributed by atoms with Gasteiger partial charge in [0.1, 0.15) is 0 Å². The molecule has 0 heterocycles. The summed E-state index contributed by atoms with van der Waals surface area (Å²) in [5.74, 6) is 0. The summed E-state index contributed by atoms with van der Waals surface area (Å²) in [5.41, 5.74) is 9.05. The third-order valence-electron chi connectivity index (χ3n) is 4.40. The van der Waals surface area contributed by atoms with Crippen molar-refractivity contribution in [3.8, 4) is 0 Å². The van der Waals surface area contributed by atoms with E-state index in [1.165, 1.54) is 28.6 Å². The molecule has 0 amide bonds. The van der Waals surface area contributed by atoms with E-state index in [-0.39, 0.29) is 7.28 Å². The van der Waals surface area contributed by atoms with E-state index >= 15 is 0 Å². The molecular formula is C21H34BN. The summed E-state index contributed by atoms with van der Waals surface area (Å²) >= 11 is 0. The maximum absolute atomic E-state index is 2.25. The van der Waals surface area contributed by atoms with E-state index in [0.29, 0.717) is 0 Å². The fourth-order valence-corrected chi connectivity index (χ4v) is 3.22. The normalized spacial score (nSPS) is 11.0. The van der Waals surface area contributed by atoms with Crippen LogP contribution in [0.25, 0.3) is 0 Å². The maximum Gasteiger partial charge on any atom is 0.0675 e. The van der Waals surface area contributed by atoms with E-state index in [9.17, 15) is 0 Å². The summed E-state index contributed by atoms with van der Waals surface area (Å²) in [7, 11) is 8.43. The minimum atomic E-state index is -0.0750. The lowest BCUT2D eigenvalue weighted by Crippen LogP contribution is -2.27. The first-order chi connectivity index (χ1) is 10.6. The first kappa shape index (κ1) is 19.5. The van der Waals surface area contributed by atoms with E-state index < -0.39 is 0 Å². The van der Waals surface area contributed by atoms with Gasteiger partial charge in [0, 0.05) is 7.28 Å². The molecule has 0 fully saturated rings. The van der Waals surface area contributed by atoms with Gasteiger partial charge in [0.05, 0.1) is 28.2 Å². The zero-order chi connectivity index (χ0) is 17.6. The lowest BCUT2D eigenvalue weighted by atomic mass is 9.61. The van der Waals surface area contributed by atoms with Crippen LogP contribution >= 0.6 is 0 Å². The van der Waals surface area contributed by atoms with Crippen LogP contribution in [0, 0.1) is 27.7 Å². The van der Waals surface area contributed by atoms with Gasteiger partial charge in [-0.05, 0) is 27.7 Å². The average Bonchev–Trinajstić information content (AvgIpc) is 2.39. The Bertz CT molecular complexity index is 541. The third-order valence-corrected chi connectivity index (χ3v) is 4.40. The second-order valence-corrected chi connectivity index (χ2v) is 8.28. The van der Waals surface area contributed by atoms with Gasteiger partial charge in [-0.25, -0.2) is 5.46 Å². The smallest absolute Gasteiger partial charge is 0.0675 e. The number of hydrogen-bond acceptors (Lipinski definition) is 0. The molecular weight excluding hydrogens is 277 g/mol.